The number of methoxy groups -OCH3 is 1. The largest absolute Gasteiger partial charge is 0.492 e. The lowest BCUT2D eigenvalue weighted by atomic mass is 10.2. The SMILES string of the molecule is COCCN(C)CCOc1cccc(CN=C(N)NCCc2ccccn2)c1. The summed E-state index contributed by atoms with van der Waals surface area (Å²) in [4.78, 5) is 10.9. The second-order valence-corrected chi connectivity index (χ2v) is 6.49. The van der Waals surface area contributed by atoms with E-state index in [1.807, 2.05) is 42.5 Å². The maximum Gasteiger partial charge on any atom is 0.188 e. The zero-order chi connectivity index (χ0) is 20.0. The molecule has 0 spiro atoms. The number of nitrogens with two attached hydrogens (primary N) is 1. The van der Waals surface area contributed by atoms with Crippen LogP contribution < -0.4 is 15.8 Å². The predicted molar refractivity (Wildman–Crippen MR) is 113 cm³/mol. The van der Waals surface area contributed by atoms with Crippen molar-refractivity contribution in [3.05, 3.63) is 59.9 Å². The zero-order valence-corrected chi connectivity index (χ0v) is 16.8. The third-order valence-corrected chi connectivity index (χ3v) is 4.16. The smallest absolute Gasteiger partial charge is 0.188 e. The highest BCUT2D eigenvalue weighted by Crippen LogP contribution is 2.14. The summed E-state index contributed by atoms with van der Waals surface area (Å²) in [5, 5.41) is 3.12. The van der Waals surface area contributed by atoms with Crippen LogP contribution in [-0.4, -0.2) is 62.8 Å². The van der Waals surface area contributed by atoms with Gasteiger partial charge in [0.2, 0.25) is 0 Å². The molecule has 3 N–H and O–H groups in total. The molecule has 7 heteroatoms. The van der Waals surface area contributed by atoms with Crippen LogP contribution in [0.2, 0.25) is 0 Å². The molecule has 0 saturated heterocycles. The standard InChI is InChI=1S/C21H31N5O2/c1-26(12-14-27-2)13-15-28-20-8-5-6-18(16-20)17-25-21(22)24-11-9-19-7-3-4-10-23-19/h3-8,10,16H,9,11-15,17H2,1-2H3,(H3,22,24,25). The van der Waals surface area contributed by atoms with Gasteiger partial charge in [-0.2, -0.15) is 0 Å². The van der Waals surface area contributed by atoms with Gasteiger partial charge in [-0.15, -0.1) is 0 Å². The molecule has 0 saturated carbocycles. The number of benzene rings is 1. The van der Waals surface area contributed by atoms with Gasteiger partial charge in [-0.1, -0.05) is 18.2 Å². The van der Waals surface area contributed by atoms with E-state index in [-0.39, 0.29) is 0 Å². The molecule has 2 aromatic rings. The molecule has 1 aromatic carbocycles. The summed E-state index contributed by atoms with van der Waals surface area (Å²) in [7, 11) is 3.76. The number of ether oxygens (including phenoxy) is 2. The first-order chi connectivity index (χ1) is 13.7. The van der Waals surface area contributed by atoms with E-state index >= 15 is 0 Å². The number of aliphatic imine (C=N–C) groups is 1. The Morgan fingerprint density at radius 2 is 2.04 bits per heavy atom. The Kier molecular flexibility index (Phi) is 9.82. The average Bonchev–Trinajstić information content (AvgIpc) is 2.72. The van der Waals surface area contributed by atoms with E-state index in [1.54, 1.807) is 13.3 Å². The number of nitrogens with zero attached hydrogens (tertiary/aromatic N) is 3. The second-order valence-electron chi connectivity index (χ2n) is 6.49. The summed E-state index contributed by atoms with van der Waals surface area (Å²) in [5.74, 6) is 1.27. The molecule has 1 heterocycles. The van der Waals surface area contributed by atoms with Crippen LogP contribution in [0.15, 0.2) is 53.7 Å². The van der Waals surface area contributed by atoms with E-state index in [2.05, 4.69) is 27.2 Å². The van der Waals surface area contributed by atoms with Gasteiger partial charge in [0.05, 0.1) is 13.2 Å². The van der Waals surface area contributed by atoms with Crippen molar-refractivity contribution in [3.8, 4) is 5.75 Å². The second kappa shape index (κ2) is 12.7. The Morgan fingerprint density at radius 3 is 2.82 bits per heavy atom. The average molecular weight is 386 g/mol. The lowest BCUT2D eigenvalue weighted by molar-refractivity contribution is 0.150. The first kappa shape index (κ1) is 21.7. The summed E-state index contributed by atoms with van der Waals surface area (Å²) in [6.45, 7) is 4.30. The van der Waals surface area contributed by atoms with Crippen molar-refractivity contribution in [3.63, 3.8) is 0 Å². The van der Waals surface area contributed by atoms with Crippen LogP contribution in [0.25, 0.3) is 0 Å². The zero-order valence-electron chi connectivity index (χ0n) is 16.8. The fourth-order valence-corrected chi connectivity index (χ4v) is 2.51. The molecule has 152 valence electrons. The summed E-state index contributed by atoms with van der Waals surface area (Å²) in [5.41, 5.74) is 8.03. The number of guanidine groups is 1. The lowest BCUT2D eigenvalue weighted by Crippen LogP contribution is -2.33. The van der Waals surface area contributed by atoms with E-state index in [4.69, 9.17) is 15.2 Å². The van der Waals surface area contributed by atoms with Crippen molar-refractivity contribution in [2.75, 3.05) is 47.0 Å². The van der Waals surface area contributed by atoms with E-state index in [1.165, 1.54) is 0 Å². The van der Waals surface area contributed by atoms with Crippen molar-refractivity contribution >= 4 is 5.96 Å². The minimum Gasteiger partial charge on any atom is -0.492 e. The van der Waals surface area contributed by atoms with Gasteiger partial charge in [0, 0.05) is 45.1 Å². The van der Waals surface area contributed by atoms with Crippen LogP contribution in [-0.2, 0) is 17.7 Å². The summed E-state index contributed by atoms with van der Waals surface area (Å²) in [6.07, 6.45) is 2.60. The molecule has 28 heavy (non-hydrogen) atoms. The van der Waals surface area contributed by atoms with E-state index in [0.717, 1.165) is 43.1 Å². The highest BCUT2D eigenvalue weighted by Gasteiger charge is 2.01. The quantitative estimate of drug-likeness (QED) is 0.427. The predicted octanol–water partition coefficient (Wildman–Crippen LogP) is 1.69. The molecule has 0 radical (unpaired) electrons. The first-order valence-corrected chi connectivity index (χ1v) is 9.50. The van der Waals surface area contributed by atoms with Crippen LogP contribution >= 0.6 is 0 Å². The van der Waals surface area contributed by atoms with Gasteiger partial charge in [-0.25, -0.2) is 4.99 Å². The third kappa shape index (κ3) is 8.83. The van der Waals surface area contributed by atoms with Crippen LogP contribution in [0.1, 0.15) is 11.3 Å². The maximum atomic E-state index is 5.95. The van der Waals surface area contributed by atoms with Crippen molar-refractivity contribution < 1.29 is 9.47 Å². The summed E-state index contributed by atoms with van der Waals surface area (Å²) < 4.78 is 10.9. The minimum atomic E-state index is 0.432. The van der Waals surface area contributed by atoms with Gasteiger partial charge in [-0.3, -0.25) is 4.98 Å². The van der Waals surface area contributed by atoms with E-state index < -0.39 is 0 Å². The normalized spacial score (nSPS) is 11.6. The topological polar surface area (TPSA) is 85.0 Å². The Morgan fingerprint density at radius 1 is 1.18 bits per heavy atom. The third-order valence-electron chi connectivity index (χ3n) is 4.16. The van der Waals surface area contributed by atoms with Crippen molar-refractivity contribution in [2.45, 2.75) is 13.0 Å². The monoisotopic (exact) mass is 385 g/mol. The Bertz CT molecular complexity index is 709. The molecule has 0 unspecified atom stereocenters. The fraction of sp³-hybridized carbons (Fsp3) is 0.429. The number of nitrogens with one attached hydrogen (secondary N) is 1. The van der Waals surface area contributed by atoms with Gasteiger partial charge in [-0.05, 0) is 36.9 Å². The van der Waals surface area contributed by atoms with Crippen molar-refractivity contribution in [2.24, 2.45) is 10.7 Å². The molecule has 0 fully saturated rings. The fourth-order valence-electron chi connectivity index (χ4n) is 2.51. The minimum absolute atomic E-state index is 0.432. The van der Waals surface area contributed by atoms with Crippen LogP contribution in [0.3, 0.4) is 0 Å². The maximum absolute atomic E-state index is 5.95. The van der Waals surface area contributed by atoms with Gasteiger partial charge in [0.15, 0.2) is 5.96 Å². The van der Waals surface area contributed by atoms with E-state index in [9.17, 15) is 0 Å². The molecule has 1 aromatic heterocycles. The first-order valence-electron chi connectivity index (χ1n) is 9.50. The number of likely N-dealkylation sites (N-methyl/N-ethyl adjacent to an activating group) is 1. The molecule has 0 bridgehead atoms. The van der Waals surface area contributed by atoms with Gasteiger partial charge in [0.25, 0.3) is 0 Å². The number of hydrogen-bond donors (Lipinski definition) is 2. The van der Waals surface area contributed by atoms with Gasteiger partial charge in [0.1, 0.15) is 12.4 Å². The van der Waals surface area contributed by atoms with Crippen LogP contribution in [0.5, 0.6) is 5.75 Å². The summed E-state index contributed by atoms with van der Waals surface area (Å²) in [6, 6.07) is 13.8. The number of pyridine rings is 1. The summed E-state index contributed by atoms with van der Waals surface area (Å²) >= 11 is 0. The Labute approximate surface area is 167 Å². The molecular weight excluding hydrogens is 354 g/mol. The molecule has 0 aliphatic carbocycles. The number of rotatable bonds is 12. The number of hydrogen-bond acceptors (Lipinski definition) is 5. The van der Waals surface area contributed by atoms with Gasteiger partial charge < -0.3 is 25.4 Å². The molecule has 0 aliphatic heterocycles. The van der Waals surface area contributed by atoms with E-state index in [0.29, 0.717) is 25.7 Å². The van der Waals surface area contributed by atoms with Crippen LogP contribution in [0, 0.1) is 0 Å². The van der Waals surface area contributed by atoms with Crippen LogP contribution in [0.4, 0.5) is 0 Å². The lowest BCUT2D eigenvalue weighted by Gasteiger charge is -2.16. The molecular formula is C21H31N5O2. The highest BCUT2D eigenvalue weighted by molar-refractivity contribution is 5.77. The molecule has 0 aliphatic rings. The molecule has 7 nitrogen and oxygen atoms in total. The van der Waals surface area contributed by atoms with Crippen molar-refractivity contribution in [1.29, 1.82) is 0 Å². The number of aromatic nitrogens is 1. The Balaban J connectivity index is 1.71. The molecule has 2 rings (SSSR count). The molecule has 0 atom stereocenters. The van der Waals surface area contributed by atoms with Crippen molar-refractivity contribution in [1.82, 2.24) is 15.2 Å². The molecule has 0 amide bonds. The Hall–Kier alpha value is -2.64. The highest BCUT2D eigenvalue weighted by atomic mass is 16.5. The van der Waals surface area contributed by atoms with Gasteiger partial charge >= 0.3 is 0 Å².